The number of rotatable bonds is 4. The van der Waals surface area contributed by atoms with Gasteiger partial charge >= 0.3 is 175 Å². The third-order valence-electron chi connectivity index (χ3n) is 3.90. The van der Waals surface area contributed by atoms with Crippen molar-refractivity contribution < 1.29 is 13.4 Å². The van der Waals surface area contributed by atoms with Crippen molar-refractivity contribution in [2.24, 2.45) is 10.2 Å². The van der Waals surface area contributed by atoms with E-state index in [1.54, 1.807) is 19.1 Å². The van der Waals surface area contributed by atoms with Gasteiger partial charge in [0.25, 0.3) is 0 Å². The van der Waals surface area contributed by atoms with Crippen LogP contribution in [0.4, 0.5) is 0 Å². The average molecular weight is 439 g/mol. The molecule has 1 aliphatic heterocycles. The van der Waals surface area contributed by atoms with E-state index in [1.165, 1.54) is 0 Å². The van der Waals surface area contributed by atoms with Gasteiger partial charge in [-0.1, -0.05) is 0 Å². The van der Waals surface area contributed by atoms with Gasteiger partial charge in [0.05, 0.1) is 0 Å². The normalized spacial score (nSPS) is 21.4. The van der Waals surface area contributed by atoms with Crippen molar-refractivity contribution in [3.05, 3.63) is 71.8 Å². The van der Waals surface area contributed by atoms with Crippen molar-refractivity contribution in [3.8, 4) is 0 Å². The Labute approximate surface area is 175 Å². The Morgan fingerprint density at radius 1 is 1.07 bits per heavy atom. The number of quaternary nitrogens is 1. The Balaban J connectivity index is 2.02. The molecule has 2 aromatic rings. The molecule has 2 aromatic carbocycles. The van der Waals surface area contributed by atoms with Gasteiger partial charge in [-0.05, 0) is 0 Å². The first-order valence-corrected chi connectivity index (χ1v) is 13.4. The van der Waals surface area contributed by atoms with Gasteiger partial charge in [-0.15, -0.1) is 0 Å². The van der Waals surface area contributed by atoms with Gasteiger partial charge in [0.2, 0.25) is 0 Å². The molecule has 0 amide bonds. The summed E-state index contributed by atoms with van der Waals surface area (Å²) in [6.45, 7) is -4.50. The Bertz CT molecular complexity index is 903. The van der Waals surface area contributed by atoms with Crippen LogP contribution < -0.4 is 0 Å². The Hall–Kier alpha value is -2.06. The number of hydrogen-bond donors (Lipinski definition) is 0. The van der Waals surface area contributed by atoms with Crippen molar-refractivity contribution in [2.75, 3.05) is 34.4 Å². The molecule has 9 heteroatoms. The third-order valence-corrected chi connectivity index (χ3v) is 7.97. The van der Waals surface area contributed by atoms with Gasteiger partial charge in [0.1, 0.15) is 0 Å². The molecule has 28 heavy (non-hydrogen) atoms. The molecule has 3 rings (SSSR count). The molecule has 0 N–H and O–H groups in total. The molecule has 0 saturated carbocycles. The van der Waals surface area contributed by atoms with Gasteiger partial charge < -0.3 is 0 Å². The first kappa shape index (κ1) is 20.7. The second kappa shape index (κ2) is 7.40. The molecule has 0 aromatic heterocycles. The van der Waals surface area contributed by atoms with Gasteiger partial charge in [0, 0.05) is 0 Å². The fourth-order valence-electron chi connectivity index (χ4n) is 2.95. The second-order valence-corrected chi connectivity index (χ2v) is 15.3. The van der Waals surface area contributed by atoms with Gasteiger partial charge in [-0.3, -0.25) is 0 Å². The number of halogens is 2. The quantitative estimate of drug-likeness (QED) is 0.182. The van der Waals surface area contributed by atoms with Crippen LogP contribution in [0.25, 0.3) is 0 Å². The van der Waals surface area contributed by atoms with E-state index in [9.17, 15) is 0 Å². The minimum absolute atomic E-state index is 0.176. The van der Waals surface area contributed by atoms with E-state index in [4.69, 9.17) is 31.0 Å². The maximum atomic E-state index is 6.97. The van der Waals surface area contributed by atoms with Crippen LogP contribution in [0.1, 0.15) is 11.1 Å². The van der Waals surface area contributed by atoms with E-state index < -0.39 is 6.46 Å². The van der Waals surface area contributed by atoms with Crippen LogP contribution in [0, 0.1) is 0 Å². The second-order valence-electron chi connectivity index (χ2n) is 7.39. The first-order chi connectivity index (χ1) is 13.0. The number of hydrogen-bond acceptors (Lipinski definition) is 5. The summed E-state index contributed by atoms with van der Waals surface area (Å²) in [6.07, 6.45) is 0.193. The zero-order valence-electron chi connectivity index (χ0n) is 16.3. The minimum atomic E-state index is -4.50. The van der Waals surface area contributed by atoms with Crippen molar-refractivity contribution >= 4 is 40.4 Å². The molecule has 0 radical (unpaired) electrons. The summed E-state index contributed by atoms with van der Waals surface area (Å²) in [5.41, 5.74) is 1.54. The summed E-state index contributed by atoms with van der Waals surface area (Å²) < 4.78 is 12.5. The molecule has 0 aliphatic carbocycles. The van der Waals surface area contributed by atoms with E-state index in [0.29, 0.717) is 11.8 Å². The Morgan fingerprint density at radius 2 is 1.64 bits per heavy atom. The molecule has 1 aliphatic rings. The van der Waals surface area contributed by atoms with Crippen LogP contribution in [-0.4, -0.2) is 62.2 Å². The summed E-state index contributed by atoms with van der Waals surface area (Å²) in [5, 5.41) is 10.7. The molecule has 0 bridgehead atoms. The molecule has 150 valence electrons. The topological polar surface area (TPSA) is 46.4 Å². The maximum absolute atomic E-state index is 6.97. The van der Waals surface area contributed by atoms with Crippen molar-refractivity contribution in [1.29, 1.82) is 0 Å². The van der Waals surface area contributed by atoms with Crippen molar-refractivity contribution in [2.45, 2.75) is 0 Å². The number of nitrogens with zero attached hydrogens (tertiary/aromatic N) is 4. The summed E-state index contributed by atoms with van der Waals surface area (Å²) in [7, 11) is 7.40. The van der Waals surface area contributed by atoms with Gasteiger partial charge in [0.15, 0.2) is 0 Å². The molecular weight excluding hydrogens is 415 g/mol. The average Bonchev–Trinajstić information content (AvgIpc) is 2.60. The van der Waals surface area contributed by atoms with E-state index >= 15 is 0 Å². The standard InChI is InChI=1S/C19H24Cl2N4O2Si/c1-24(2)22-18(16-11-7-5-8-12-16)26-28(20,21)15-25(3,4)23-19(27-28)17-13-9-6-10-14-17/h5-14H,15H2,1-4H3/b22-18-. The number of hydrazone groups is 1. The van der Waals surface area contributed by atoms with Crippen LogP contribution in [0.15, 0.2) is 70.9 Å². The van der Waals surface area contributed by atoms with E-state index in [0.717, 1.165) is 11.1 Å². The van der Waals surface area contributed by atoms with E-state index in [2.05, 4.69) is 10.2 Å². The predicted molar refractivity (Wildman–Crippen MR) is 116 cm³/mol. The summed E-state index contributed by atoms with van der Waals surface area (Å²) in [6, 6.07) is 19.0. The predicted octanol–water partition coefficient (Wildman–Crippen LogP) is 3.80. The van der Waals surface area contributed by atoms with E-state index in [1.807, 2.05) is 74.8 Å². The summed E-state index contributed by atoms with van der Waals surface area (Å²) >= 11 is 13.9. The Morgan fingerprint density at radius 3 is 2.21 bits per heavy atom. The fourth-order valence-corrected chi connectivity index (χ4v) is 8.09. The fraction of sp³-hybridized carbons (Fsp3) is 0.263. The zero-order valence-corrected chi connectivity index (χ0v) is 18.9. The molecule has 6 nitrogen and oxygen atoms in total. The summed E-state index contributed by atoms with van der Waals surface area (Å²) in [5.74, 6) is 0.658. The van der Waals surface area contributed by atoms with Crippen LogP contribution in [-0.2, 0) is 8.85 Å². The molecular formula is C19H24Cl2N4O2Si. The van der Waals surface area contributed by atoms with Crippen LogP contribution in [0.3, 0.4) is 0 Å². The SMILES string of the molecule is CN(C)/N=C(\O[Si-]1(Cl)(Cl)C[N+](C)(C)N=C(c2ccccc2)O1)c1ccccc1. The molecule has 0 fully saturated rings. The monoisotopic (exact) mass is 438 g/mol. The van der Waals surface area contributed by atoms with Crippen molar-refractivity contribution in [1.82, 2.24) is 5.01 Å². The number of benzene rings is 2. The molecule has 0 spiro atoms. The molecule has 1 heterocycles. The molecule has 0 saturated heterocycles. The van der Waals surface area contributed by atoms with Gasteiger partial charge in [-0.25, -0.2) is 0 Å². The Kier molecular flexibility index (Phi) is 5.46. The summed E-state index contributed by atoms with van der Waals surface area (Å²) in [4.78, 5) is 0. The third kappa shape index (κ3) is 5.05. The van der Waals surface area contributed by atoms with Crippen LogP contribution in [0.2, 0.25) is 0 Å². The van der Waals surface area contributed by atoms with Gasteiger partial charge in [-0.2, -0.15) is 0 Å². The van der Waals surface area contributed by atoms with E-state index in [-0.39, 0.29) is 10.8 Å². The molecule has 0 atom stereocenters. The van der Waals surface area contributed by atoms with Crippen LogP contribution in [0.5, 0.6) is 0 Å². The van der Waals surface area contributed by atoms with Crippen LogP contribution >= 0.6 is 22.2 Å². The zero-order chi connectivity index (χ0) is 20.4. The first-order valence-electron chi connectivity index (χ1n) is 8.82. The van der Waals surface area contributed by atoms with Crippen molar-refractivity contribution in [3.63, 3.8) is 0 Å². The molecule has 0 unspecified atom stereocenters.